The van der Waals surface area contributed by atoms with Gasteiger partial charge in [0, 0.05) is 6.20 Å². The predicted octanol–water partition coefficient (Wildman–Crippen LogP) is 1.37. The van der Waals surface area contributed by atoms with E-state index in [1.54, 1.807) is 0 Å². The third-order valence-corrected chi connectivity index (χ3v) is 2.46. The average molecular weight is 261 g/mol. The smallest absolute Gasteiger partial charge is 0.335 e. The minimum absolute atomic E-state index is 0.0586. The molecule has 0 atom stereocenters. The second-order valence-corrected chi connectivity index (χ2v) is 3.66. The molecule has 0 bridgehead atoms. The minimum Gasteiger partial charge on any atom is -0.495 e. The number of H-pyrrole nitrogens is 1. The molecule has 0 aliphatic heterocycles. The molecule has 1 aromatic heterocycles. The molecule has 0 spiro atoms. The van der Waals surface area contributed by atoms with E-state index in [4.69, 9.17) is 9.84 Å². The van der Waals surface area contributed by atoms with E-state index in [9.17, 15) is 9.59 Å². The molecule has 1 amide bonds. The van der Waals surface area contributed by atoms with Gasteiger partial charge in [-0.2, -0.15) is 5.10 Å². The van der Waals surface area contributed by atoms with Crippen molar-refractivity contribution < 1.29 is 19.4 Å². The van der Waals surface area contributed by atoms with Crippen LogP contribution >= 0.6 is 0 Å². The van der Waals surface area contributed by atoms with Gasteiger partial charge in [0.25, 0.3) is 5.91 Å². The zero-order valence-electron chi connectivity index (χ0n) is 10.0. The first-order chi connectivity index (χ1) is 9.11. The molecule has 3 N–H and O–H groups in total. The number of hydrogen-bond acceptors (Lipinski definition) is 4. The lowest BCUT2D eigenvalue weighted by Gasteiger charge is -2.10. The van der Waals surface area contributed by atoms with E-state index < -0.39 is 11.9 Å². The molecule has 1 aromatic carbocycles. The van der Waals surface area contributed by atoms with E-state index in [2.05, 4.69) is 15.5 Å². The Morgan fingerprint density at radius 1 is 1.37 bits per heavy atom. The first-order valence-electron chi connectivity index (χ1n) is 5.33. The molecule has 2 aromatic rings. The van der Waals surface area contributed by atoms with E-state index in [1.807, 2.05) is 0 Å². The summed E-state index contributed by atoms with van der Waals surface area (Å²) in [5.74, 6) is -1.11. The molecule has 19 heavy (non-hydrogen) atoms. The van der Waals surface area contributed by atoms with Crippen molar-refractivity contribution in [3.63, 3.8) is 0 Å². The summed E-state index contributed by atoms with van der Waals surface area (Å²) in [4.78, 5) is 22.7. The molecule has 0 fully saturated rings. The van der Waals surface area contributed by atoms with Gasteiger partial charge in [0.1, 0.15) is 5.75 Å². The number of amides is 1. The Hall–Kier alpha value is -2.83. The molecule has 7 nitrogen and oxygen atoms in total. The Labute approximate surface area is 108 Å². The Kier molecular flexibility index (Phi) is 3.46. The molecule has 2 rings (SSSR count). The SMILES string of the molecule is COc1ccc(C(=O)O)cc1NC(=O)c1cn[nH]c1. The molecular formula is C12H11N3O4. The van der Waals surface area contributed by atoms with Gasteiger partial charge >= 0.3 is 5.97 Å². The summed E-state index contributed by atoms with van der Waals surface area (Å²) in [6.45, 7) is 0. The highest BCUT2D eigenvalue weighted by Gasteiger charge is 2.13. The van der Waals surface area contributed by atoms with Crippen LogP contribution in [0.1, 0.15) is 20.7 Å². The number of aromatic carboxylic acids is 1. The number of benzene rings is 1. The first kappa shape index (κ1) is 12.6. The largest absolute Gasteiger partial charge is 0.495 e. The highest BCUT2D eigenvalue weighted by Crippen LogP contribution is 2.26. The maximum Gasteiger partial charge on any atom is 0.335 e. The van der Waals surface area contributed by atoms with Crippen molar-refractivity contribution in [3.05, 3.63) is 41.7 Å². The number of anilines is 1. The Balaban J connectivity index is 2.30. The standard InChI is InChI=1S/C12H11N3O4/c1-19-10-3-2-7(12(17)18)4-9(10)15-11(16)8-5-13-14-6-8/h2-6H,1H3,(H,13,14)(H,15,16)(H,17,18). The van der Waals surface area contributed by atoms with E-state index in [1.165, 1.54) is 37.7 Å². The molecule has 0 aliphatic carbocycles. The maximum atomic E-state index is 11.9. The summed E-state index contributed by atoms with van der Waals surface area (Å²) >= 11 is 0. The summed E-state index contributed by atoms with van der Waals surface area (Å²) in [6, 6.07) is 4.21. The van der Waals surface area contributed by atoms with Gasteiger partial charge in [0.2, 0.25) is 0 Å². The highest BCUT2D eigenvalue weighted by molar-refractivity contribution is 6.05. The second kappa shape index (κ2) is 5.21. The van der Waals surface area contributed by atoms with Crippen LogP contribution in [-0.4, -0.2) is 34.3 Å². The van der Waals surface area contributed by atoms with E-state index in [-0.39, 0.29) is 11.3 Å². The normalized spacial score (nSPS) is 9.95. The van der Waals surface area contributed by atoms with Gasteiger partial charge < -0.3 is 15.2 Å². The van der Waals surface area contributed by atoms with Crippen LogP contribution in [0.25, 0.3) is 0 Å². The van der Waals surface area contributed by atoms with E-state index >= 15 is 0 Å². The van der Waals surface area contributed by atoms with Crippen LogP contribution < -0.4 is 10.1 Å². The number of carbonyl (C=O) groups is 2. The van der Waals surface area contributed by atoms with Gasteiger partial charge in [-0.15, -0.1) is 0 Å². The minimum atomic E-state index is -1.08. The van der Waals surface area contributed by atoms with Gasteiger partial charge in [-0.05, 0) is 18.2 Å². The lowest BCUT2D eigenvalue weighted by atomic mass is 10.2. The van der Waals surface area contributed by atoms with Crippen molar-refractivity contribution in [2.24, 2.45) is 0 Å². The number of hydrogen-bond donors (Lipinski definition) is 3. The Morgan fingerprint density at radius 2 is 2.16 bits per heavy atom. The number of rotatable bonds is 4. The summed E-state index contributed by atoms with van der Waals surface area (Å²) in [6.07, 6.45) is 2.80. The number of carbonyl (C=O) groups excluding carboxylic acids is 1. The zero-order valence-corrected chi connectivity index (χ0v) is 10.0. The van der Waals surface area contributed by atoms with Crippen LogP contribution in [0.3, 0.4) is 0 Å². The molecule has 0 unspecified atom stereocenters. The van der Waals surface area contributed by atoms with Gasteiger partial charge in [0.05, 0.1) is 30.1 Å². The quantitative estimate of drug-likeness (QED) is 0.771. The van der Waals surface area contributed by atoms with Gasteiger partial charge in [-0.3, -0.25) is 9.89 Å². The van der Waals surface area contributed by atoms with E-state index in [0.29, 0.717) is 11.3 Å². The fourth-order valence-corrected chi connectivity index (χ4v) is 1.51. The highest BCUT2D eigenvalue weighted by atomic mass is 16.5. The molecule has 0 saturated carbocycles. The van der Waals surface area contributed by atoms with Gasteiger partial charge in [-0.1, -0.05) is 0 Å². The molecular weight excluding hydrogens is 250 g/mol. The fraction of sp³-hybridized carbons (Fsp3) is 0.0833. The second-order valence-electron chi connectivity index (χ2n) is 3.66. The number of carboxylic acid groups (broad SMARTS) is 1. The lowest BCUT2D eigenvalue weighted by molar-refractivity contribution is 0.0696. The van der Waals surface area contributed by atoms with Crippen LogP contribution in [0.4, 0.5) is 5.69 Å². The van der Waals surface area contributed by atoms with Crippen molar-refractivity contribution >= 4 is 17.6 Å². The summed E-state index contributed by atoms with van der Waals surface area (Å²) in [7, 11) is 1.43. The maximum absolute atomic E-state index is 11.9. The molecule has 0 aliphatic rings. The number of aromatic nitrogens is 2. The van der Waals surface area contributed by atoms with Crippen LogP contribution in [0.15, 0.2) is 30.6 Å². The molecule has 1 heterocycles. The van der Waals surface area contributed by atoms with Crippen LogP contribution in [0.5, 0.6) is 5.75 Å². The number of methoxy groups -OCH3 is 1. The molecule has 0 radical (unpaired) electrons. The monoisotopic (exact) mass is 261 g/mol. The Bertz CT molecular complexity index is 607. The lowest BCUT2D eigenvalue weighted by Crippen LogP contribution is -2.12. The molecule has 98 valence electrons. The zero-order chi connectivity index (χ0) is 13.8. The van der Waals surface area contributed by atoms with Gasteiger partial charge in [0.15, 0.2) is 0 Å². The first-order valence-corrected chi connectivity index (χ1v) is 5.33. The summed E-state index contributed by atoms with van der Waals surface area (Å²) < 4.78 is 5.07. The number of aromatic amines is 1. The summed E-state index contributed by atoms with van der Waals surface area (Å²) in [5, 5.41) is 17.7. The fourth-order valence-electron chi connectivity index (χ4n) is 1.51. The molecule has 0 saturated heterocycles. The van der Waals surface area contributed by atoms with Crippen LogP contribution in [0.2, 0.25) is 0 Å². The number of nitrogens with one attached hydrogen (secondary N) is 2. The van der Waals surface area contributed by atoms with Crippen LogP contribution in [0, 0.1) is 0 Å². The number of nitrogens with zero attached hydrogens (tertiary/aromatic N) is 1. The number of carboxylic acids is 1. The third kappa shape index (κ3) is 2.71. The average Bonchev–Trinajstić information content (AvgIpc) is 2.92. The van der Waals surface area contributed by atoms with Crippen molar-refractivity contribution in [2.45, 2.75) is 0 Å². The number of ether oxygens (including phenoxy) is 1. The van der Waals surface area contributed by atoms with Crippen molar-refractivity contribution in [1.82, 2.24) is 10.2 Å². The topological polar surface area (TPSA) is 104 Å². The van der Waals surface area contributed by atoms with Crippen molar-refractivity contribution in [1.29, 1.82) is 0 Å². The van der Waals surface area contributed by atoms with E-state index in [0.717, 1.165) is 0 Å². The predicted molar refractivity (Wildman–Crippen MR) is 66.5 cm³/mol. The van der Waals surface area contributed by atoms with Crippen molar-refractivity contribution in [3.8, 4) is 5.75 Å². The van der Waals surface area contributed by atoms with Gasteiger partial charge in [-0.25, -0.2) is 4.79 Å². The van der Waals surface area contributed by atoms with Crippen molar-refractivity contribution in [2.75, 3.05) is 12.4 Å². The molecule has 7 heteroatoms. The Morgan fingerprint density at radius 3 is 2.74 bits per heavy atom. The third-order valence-electron chi connectivity index (χ3n) is 2.46. The summed E-state index contributed by atoms with van der Waals surface area (Å²) in [5.41, 5.74) is 0.680. The van der Waals surface area contributed by atoms with Crippen LogP contribution in [-0.2, 0) is 0 Å².